The highest BCUT2D eigenvalue weighted by molar-refractivity contribution is 5.78. The Morgan fingerprint density at radius 1 is 0.466 bits per heavy atom. The van der Waals surface area contributed by atoms with Crippen molar-refractivity contribution in [2.75, 3.05) is 13.2 Å². The lowest BCUT2D eigenvalue weighted by Gasteiger charge is -2.53. The van der Waals surface area contributed by atoms with Gasteiger partial charge in [-0.1, -0.05) is 226 Å². The van der Waals surface area contributed by atoms with Gasteiger partial charge in [-0.05, 0) is 12.8 Å². The second-order valence-corrected chi connectivity index (χ2v) is 18.3. The standard InChI is InChI=1S/C49H95NO8/c1-3-5-7-9-11-13-15-17-18-19-20-21-22-23-24-25-26-28-30-32-34-36-38-44(52)50-41(37-35-33-31-29-27-16-14-12-10-8-6-4-2)45(53)42(50)40-57-49-48(56)47(55)46(54)43(39-51)58-49/h41-43,45-49,51,53-56H,3-40H2,1-2H3/t41-,42+,43-,45-,46+,47+,48-,49+/m1/s1. The van der Waals surface area contributed by atoms with E-state index >= 15 is 0 Å². The third-order valence-electron chi connectivity index (χ3n) is 13.2. The van der Waals surface area contributed by atoms with Crippen molar-refractivity contribution in [3.63, 3.8) is 0 Å². The Balaban J connectivity index is 1.60. The molecule has 0 aromatic heterocycles. The van der Waals surface area contributed by atoms with E-state index in [2.05, 4.69) is 13.8 Å². The van der Waals surface area contributed by atoms with Crippen LogP contribution in [0.3, 0.4) is 0 Å². The van der Waals surface area contributed by atoms with E-state index < -0.39 is 49.5 Å². The molecule has 2 aliphatic rings. The maximum absolute atomic E-state index is 13.6. The van der Waals surface area contributed by atoms with Gasteiger partial charge in [0, 0.05) is 6.42 Å². The van der Waals surface area contributed by atoms with Crippen molar-refractivity contribution >= 4 is 5.91 Å². The molecule has 2 rings (SSSR count). The Hall–Kier alpha value is -0.810. The fourth-order valence-corrected chi connectivity index (χ4v) is 9.20. The lowest BCUT2D eigenvalue weighted by Crippen LogP contribution is -2.71. The second kappa shape index (κ2) is 35.8. The molecule has 0 aromatic rings. The molecule has 0 unspecified atom stereocenters. The zero-order chi connectivity index (χ0) is 42.1. The summed E-state index contributed by atoms with van der Waals surface area (Å²) in [5.41, 5.74) is 0. The van der Waals surface area contributed by atoms with Gasteiger partial charge < -0.3 is 39.9 Å². The average molecular weight is 826 g/mol. The quantitative estimate of drug-likeness (QED) is 0.0385. The molecule has 0 saturated carbocycles. The highest BCUT2D eigenvalue weighted by Crippen LogP contribution is 2.33. The molecule has 2 saturated heterocycles. The van der Waals surface area contributed by atoms with Crippen molar-refractivity contribution in [2.24, 2.45) is 0 Å². The minimum absolute atomic E-state index is 0.0322. The van der Waals surface area contributed by atoms with Crippen LogP contribution in [0.15, 0.2) is 0 Å². The molecule has 2 aliphatic heterocycles. The summed E-state index contributed by atoms with van der Waals surface area (Å²) in [4.78, 5) is 15.4. The molecule has 8 atom stereocenters. The van der Waals surface area contributed by atoms with Crippen LogP contribution in [0, 0.1) is 0 Å². The molecule has 5 N–H and O–H groups in total. The van der Waals surface area contributed by atoms with Crippen molar-refractivity contribution in [3.8, 4) is 0 Å². The Morgan fingerprint density at radius 3 is 1.21 bits per heavy atom. The van der Waals surface area contributed by atoms with E-state index in [9.17, 15) is 30.3 Å². The van der Waals surface area contributed by atoms with Crippen molar-refractivity contribution in [1.29, 1.82) is 0 Å². The van der Waals surface area contributed by atoms with Crippen LogP contribution in [0.5, 0.6) is 0 Å². The summed E-state index contributed by atoms with van der Waals surface area (Å²) in [5, 5.41) is 51.5. The number of ether oxygens (including phenoxy) is 2. The van der Waals surface area contributed by atoms with Gasteiger partial charge in [-0.2, -0.15) is 0 Å². The molecular formula is C49H95NO8. The molecule has 344 valence electrons. The Bertz CT molecular complexity index is 938. The first-order valence-electron chi connectivity index (χ1n) is 25.3. The molecule has 0 spiro atoms. The van der Waals surface area contributed by atoms with Gasteiger partial charge >= 0.3 is 0 Å². The normalized spacial score (nSPS) is 24.7. The predicted molar refractivity (Wildman–Crippen MR) is 238 cm³/mol. The fraction of sp³-hybridized carbons (Fsp3) is 0.980. The molecule has 2 fully saturated rings. The zero-order valence-electron chi connectivity index (χ0n) is 37.9. The van der Waals surface area contributed by atoms with E-state index in [0.717, 1.165) is 38.5 Å². The SMILES string of the molecule is CCCCCCCCCCCCCCCCCCCCCCCCC(=O)N1[C@H](CCCCCCCCCCCCCC)[C@@H](O)[C@@H]1CO[C@H]1O[C@H](CO)[C@H](O)[C@H](O)[C@H]1O. The molecule has 0 radical (unpaired) electrons. The molecule has 2 heterocycles. The number of carbonyl (C=O) groups excluding carboxylic acids is 1. The second-order valence-electron chi connectivity index (χ2n) is 18.3. The van der Waals surface area contributed by atoms with Crippen molar-refractivity contribution in [2.45, 2.75) is 294 Å². The maximum Gasteiger partial charge on any atom is 0.223 e. The van der Waals surface area contributed by atoms with Crippen LogP contribution >= 0.6 is 0 Å². The average Bonchev–Trinajstić information content (AvgIpc) is 3.22. The predicted octanol–water partition coefficient (Wildman–Crippen LogP) is 10.8. The van der Waals surface area contributed by atoms with E-state index in [-0.39, 0.29) is 18.6 Å². The highest BCUT2D eigenvalue weighted by atomic mass is 16.7. The molecule has 0 aromatic carbocycles. The van der Waals surface area contributed by atoms with Gasteiger partial charge in [0.25, 0.3) is 0 Å². The van der Waals surface area contributed by atoms with Gasteiger partial charge in [-0.25, -0.2) is 0 Å². The zero-order valence-corrected chi connectivity index (χ0v) is 37.9. The van der Waals surface area contributed by atoms with Gasteiger partial charge in [-0.15, -0.1) is 0 Å². The largest absolute Gasteiger partial charge is 0.394 e. The van der Waals surface area contributed by atoms with E-state index in [0.29, 0.717) is 6.42 Å². The van der Waals surface area contributed by atoms with Crippen LogP contribution in [0.4, 0.5) is 0 Å². The first-order chi connectivity index (χ1) is 28.4. The topological polar surface area (TPSA) is 140 Å². The summed E-state index contributed by atoms with van der Waals surface area (Å²) in [6.07, 6.45) is 37.9. The summed E-state index contributed by atoms with van der Waals surface area (Å²) in [5.74, 6) is 0.0322. The Morgan fingerprint density at radius 2 is 0.828 bits per heavy atom. The number of hydrogen-bond donors (Lipinski definition) is 5. The number of aliphatic hydroxyl groups excluding tert-OH is 5. The van der Waals surface area contributed by atoms with E-state index in [1.165, 1.54) is 186 Å². The summed E-state index contributed by atoms with van der Waals surface area (Å²) < 4.78 is 11.3. The van der Waals surface area contributed by atoms with Crippen LogP contribution in [-0.2, 0) is 14.3 Å². The van der Waals surface area contributed by atoms with Crippen LogP contribution in [-0.4, -0.2) is 98.4 Å². The molecule has 0 bridgehead atoms. The van der Waals surface area contributed by atoms with E-state index in [1.807, 2.05) is 0 Å². The molecular weight excluding hydrogens is 731 g/mol. The van der Waals surface area contributed by atoms with Crippen LogP contribution in [0.25, 0.3) is 0 Å². The lowest BCUT2D eigenvalue weighted by atomic mass is 9.85. The van der Waals surface area contributed by atoms with Gasteiger partial charge in [-0.3, -0.25) is 4.79 Å². The smallest absolute Gasteiger partial charge is 0.223 e. The number of amides is 1. The number of aliphatic hydroxyl groups is 5. The van der Waals surface area contributed by atoms with E-state index in [1.54, 1.807) is 4.90 Å². The number of hydrogen-bond acceptors (Lipinski definition) is 8. The summed E-state index contributed by atoms with van der Waals surface area (Å²) in [6.45, 7) is 3.94. The van der Waals surface area contributed by atoms with Crippen molar-refractivity contribution in [1.82, 2.24) is 4.90 Å². The highest BCUT2D eigenvalue weighted by Gasteiger charge is 2.51. The van der Waals surface area contributed by atoms with Gasteiger partial charge in [0.1, 0.15) is 24.4 Å². The van der Waals surface area contributed by atoms with E-state index in [4.69, 9.17) is 9.47 Å². The maximum atomic E-state index is 13.6. The number of unbranched alkanes of at least 4 members (excludes halogenated alkanes) is 32. The summed E-state index contributed by atoms with van der Waals surface area (Å²) in [6, 6.07) is -0.819. The fourth-order valence-electron chi connectivity index (χ4n) is 9.20. The first-order valence-corrected chi connectivity index (χ1v) is 25.3. The molecule has 9 nitrogen and oxygen atoms in total. The lowest BCUT2D eigenvalue weighted by molar-refractivity contribution is -0.307. The Labute approximate surface area is 356 Å². The minimum Gasteiger partial charge on any atom is -0.394 e. The number of nitrogens with zero attached hydrogens (tertiary/aromatic N) is 1. The summed E-state index contributed by atoms with van der Waals surface area (Å²) >= 11 is 0. The van der Waals surface area contributed by atoms with Crippen LogP contribution in [0.1, 0.15) is 245 Å². The van der Waals surface area contributed by atoms with Crippen molar-refractivity contribution < 1.29 is 39.8 Å². The van der Waals surface area contributed by atoms with Gasteiger partial charge in [0.05, 0.1) is 31.4 Å². The third kappa shape index (κ3) is 22.9. The van der Waals surface area contributed by atoms with Crippen LogP contribution in [0.2, 0.25) is 0 Å². The molecule has 1 amide bonds. The third-order valence-corrected chi connectivity index (χ3v) is 13.2. The number of rotatable bonds is 40. The van der Waals surface area contributed by atoms with Gasteiger partial charge in [0.15, 0.2) is 6.29 Å². The Kier molecular flexibility index (Phi) is 32.9. The molecule has 58 heavy (non-hydrogen) atoms. The number of likely N-dealkylation sites (tertiary alicyclic amines) is 1. The number of carbonyl (C=O) groups is 1. The monoisotopic (exact) mass is 826 g/mol. The van der Waals surface area contributed by atoms with Gasteiger partial charge in [0.2, 0.25) is 5.91 Å². The molecule has 9 heteroatoms. The molecule has 0 aliphatic carbocycles. The first kappa shape index (κ1) is 53.3. The van der Waals surface area contributed by atoms with Crippen LogP contribution < -0.4 is 0 Å². The minimum atomic E-state index is -1.53. The summed E-state index contributed by atoms with van der Waals surface area (Å²) in [7, 11) is 0. The van der Waals surface area contributed by atoms with Crippen molar-refractivity contribution in [3.05, 3.63) is 0 Å².